The van der Waals surface area contributed by atoms with E-state index >= 15 is 0 Å². The van der Waals surface area contributed by atoms with Gasteiger partial charge in [-0.15, -0.1) is 0 Å². The van der Waals surface area contributed by atoms with Crippen LogP contribution in [0.15, 0.2) is 60.8 Å². The van der Waals surface area contributed by atoms with Gasteiger partial charge in [0.2, 0.25) is 0 Å². The predicted octanol–water partition coefficient (Wildman–Crippen LogP) is 18.2. The van der Waals surface area contributed by atoms with Gasteiger partial charge in [0.25, 0.3) is 0 Å². The standard InChI is InChI=1S/C68H123NO8/c1-6-8-10-12-14-16-18-20-22-24-26-27-28-29-30-31-32-33-34-35-36-37-38-39-41-43-45-47-49-51-53-55-57-59-66(71)77-64(63-76-68(67(72)73)74-61-60-69(3,4)5)62-75-65(70)58-56-54-52-50-48-46-44-42-40-25-23-21-19-17-15-13-11-9-7-2/h8,10,14,16,20,22,26-27,29-30,64,68H,6-7,9,11-13,15,17-19,21,23-25,28,31-63H2,1-5H3/b10-8-,16-14-,22-20-,27-26-,30-29-. The zero-order valence-corrected chi connectivity index (χ0v) is 51.1. The van der Waals surface area contributed by atoms with Crippen molar-refractivity contribution in [2.45, 2.75) is 309 Å². The molecule has 0 saturated heterocycles. The number of aliphatic carboxylic acids is 1. The highest BCUT2D eigenvalue weighted by Gasteiger charge is 2.22. The zero-order chi connectivity index (χ0) is 56.2. The fourth-order valence-corrected chi connectivity index (χ4v) is 9.33. The smallest absolute Gasteiger partial charge is 0.306 e. The Balaban J connectivity index is 4.10. The number of carboxylic acids is 1. The second-order valence-corrected chi connectivity index (χ2v) is 23.0. The molecule has 0 aromatic rings. The Bertz CT molecular complexity index is 1450. The second kappa shape index (κ2) is 59.1. The van der Waals surface area contributed by atoms with E-state index < -0.39 is 24.3 Å². The number of allylic oxidation sites excluding steroid dienone is 10. The van der Waals surface area contributed by atoms with Crippen LogP contribution in [0, 0.1) is 0 Å². The first-order chi connectivity index (χ1) is 37.6. The normalized spacial score (nSPS) is 13.1. The number of hydrogen-bond donors (Lipinski definition) is 0. The van der Waals surface area contributed by atoms with Crippen LogP contribution in [0.5, 0.6) is 0 Å². The maximum absolute atomic E-state index is 12.9. The van der Waals surface area contributed by atoms with Crippen molar-refractivity contribution in [3.05, 3.63) is 60.8 Å². The topological polar surface area (TPSA) is 111 Å². The lowest BCUT2D eigenvalue weighted by molar-refractivity contribution is -0.870. The SMILES string of the molecule is CC/C=C\C/C=C\C/C=C\C/C=C\C/C=C\CCCCCCCCCCCCCCCCCCCC(=O)OC(COC(=O)CCCCCCCCCCCCCCCCCCCCC)COC(OCC[N+](C)(C)C)C(=O)[O-]. The van der Waals surface area contributed by atoms with Crippen molar-refractivity contribution in [3.63, 3.8) is 0 Å². The molecular weight excluding hydrogens is 959 g/mol. The molecule has 2 unspecified atom stereocenters. The Morgan fingerprint density at radius 2 is 0.740 bits per heavy atom. The number of ether oxygens (including phenoxy) is 4. The summed E-state index contributed by atoms with van der Waals surface area (Å²) >= 11 is 0. The van der Waals surface area contributed by atoms with Gasteiger partial charge < -0.3 is 33.3 Å². The van der Waals surface area contributed by atoms with E-state index in [0.29, 0.717) is 23.9 Å². The fraction of sp³-hybridized carbons (Fsp3) is 0.809. The number of carbonyl (C=O) groups is 3. The van der Waals surface area contributed by atoms with E-state index in [9.17, 15) is 19.5 Å². The molecule has 0 aromatic heterocycles. The molecule has 0 bridgehead atoms. The van der Waals surface area contributed by atoms with E-state index in [4.69, 9.17) is 18.9 Å². The van der Waals surface area contributed by atoms with Gasteiger partial charge >= 0.3 is 11.9 Å². The molecule has 0 aliphatic heterocycles. The van der Waals surface area contributed by atoms with Gasteiger partial charge in [0.1, 0.15) is 13.2 Å². The van der Waals surface area contributed by atoms with Crippen molar-refractivity contribution in [2.24, 2.45) is 0 Å². The Labute approximate surface area is 475 Å². The molecule has 0 spiro atoms. The minimum atomic E-state index is -1.62. The van der Waals surface area contributed by atoms with Crippen molar-refractivity contribution in [1.82, 2.24) is 0 Å². The third kappa shape index (κ3) is 60.5. The number of rotatable bonds is 60. The van der Waals surface area contributed by atoms with Crippen molar-refractivity contribution < 1.29 is 42.9 Å². The number of unbranched alkanes of at least 4 members (excludes halogenated alkanes) is 35. The summed E-state index contributed by atoms with van der Waals surface area (Å²) in [4.78, 5) is 37.4. The molecular formula is C68H123NO8. The van der Waals surface area contributed by atoms with Crippen LogP contribution in [0.2, 0.25) is 0 Å². The number of carbonyl (C=O) groups excluding carboxylic acids is 3. The van der Waals surface area contributed by atoms with Crippen LogP contribution in [0.25, 0.3) is 0 Å². The number of likely N-dealkylation sites (N-methyl/N-ethyl adjacent to an activating group) is 1. The Morgan fingerprint density at radius 3 is 1.10 bits per heavy atom. The van der Waals surface area contributed by atoms with Gasteiger partial charge in [-0.3, -0.25) is 9.59 Å². The largest absolute Gasteiger partial charge is 0.545 e. The van der Waals surface area contributed by atoms with Crippen molar-refractivity contribution in [1.29, 1.82) is 0 Å². The van der Waals surface area contributed by atoms with Crippen molar-refractivity contribution in [3.8, 4) is 0 Å². The van der Waals surface area contributed by atoms with Gasteiger partial charge in [0, 0.05) is 12.8 Å². The maximum Gasteiger partial charge on any atom is 0.306 e. The third-order valence-electron chi connectivity index (χ3n) is 14.3. The van der Waals surface area contributed by atoms with Gasteiger partial charge in [-0.05, 0) is 57.8 Å². The molecule has 9 nitrogen and oxygen atoms in total. The minimum absolute atomic E-state index is 0.149. The second-order valence-electron chi connectivity index (χ2n) is 23.0. The van der Waals surface area contributed by atoms with Crippen LogP contribution in [0.4, 0.5) is 0 Å². The first-order valence-corrected chi connectivity index (χ1v) is 32.4. The van der Waals surface area contributed by atoms with Crippen LogP contribution in [0.3, 0.4) is 0 Å². The molecule has 448 valence electrons. The summed E-state index contributed by atoms with van der Waals surface area (Å²) in [5.41, 5.74) is 0. The lowest BCUT2D eigenvalue weighted by atomic mass is 10.0. The Hall–Kier alpha value is -3.01. The van der Waals surface area contributed by atoms with Crippen LogP contribution >= 0.6 is 0 Å². The van der Waals surface area contributed by atoms with E-state index in [-0.39, 0.29) is 32.2 Å². The molecule has 0 saturated carbocycles. The highest BCUT2D eigenvalue weighted by atomic mass is 16.7. The molecule has 0 aromatic carbocycles. The molecule has 0 heterocycles. The summed E-state index contributed by atoms with van der Waals surface area (Å²) in [6, 6.07) is 0. The number of nitrogens with zero attached hydrogens (tertiary/aromatic N) is 1. The zero-order valence-electron chi connectivity index (χ0n) is 51.1. The van der Waals surface area contributed by atoms with Crippen molar-refractivity contribution >= 4 is 17.9 Å². The van der Waals surface area contributed by atoms with Crippen LogP contribution < -0.4 is 5.11 Å². The molecule has 0 amide bonds. The number of quaternary nitrogens is 1. The predicted molar refractivity (Wildman–Crippen MR) is 325 cm³/mol. The van der Waals surface area contributed by atoms with Crippen LogP contribution in [-0.2, 0) is 33.3 Å². The summed E-state index contributed by atoms with van der Waals surface area (Å²) in [5, 5.41) is 11.8. The van der Waals surface area contributed by atoms with Gasteiger partial charge in [0.05, 0.1) is 40.3 Å². The third-order valence-corrected chi connectivity index (χ3v) is 14.3. The minimum Gasteiger partial charge on any atom is -0.545 e. The summed E-state index contributed by atoms with van der Waals surface area (Å²) in [5.74, 6) is -2.26. The quantitative estimate of drug-likeness (QED) is 0.0195. The molecule has 9 heteroatoms. The lowest BCUT2D eigenvalue weighted by Crippen LogP contribution is -2.44. The summed E-state index contributed by atoms with van der Waals surface area (Å²) in [7, 11) is 5.93. The summed E-state index contributed by atoms with van der Waals surface area (Å²) in [6.45, 7) is 4.68. The number of carboxylic acid groups (broad SMARTS) is 1. The average molecular weight is 1080 g/mol. The van der Waals surface area contributed by atoms with Crippen molar-refractivity contribution in [2.75, 3.05) is 47.5 Å². The summed E-state index contributed by atoms with van der Waals surface area (Å²) < 4.78 is 22.8. The van der Waals surface area contributed by atoms with E-state index in [2.05, 4.69) is 74.6 Å². The molecule has 0 radical (unpaired) electrons. The van der Waals surface area contributed by atoms with Gasteiger partial charge in [-0.2, -0.15) is 0 Å². The average Bonchev–Trinajstić information content (AvgIpc) is 3.40. The molecule has 2 atom stereocenters. The number of esters is 2. The molecule has 0 aliphatic carbocycles. The highest BCUT2D eigenvalue weighted by Crippen LogP contribution is 2.18. The molecule has 0 aliphatic rings. The monoisotopic (exact) mass is 1080 g/mol. The van der Waals surface area contributed by atoms with Crippen LogP contribution in [0.1, 0.15) is 296 Å². The number of hydrogen-bond acceptors (Lipinski definition) is 8. The Kier molecular flexibility index (Phi) is 56.8. The first kappa shape index (κ1) is 74.0. The highest BCUT2D eigenvalue weighted by molar-refractivity contribution is 5.70. The van der Waals surface area contributed by atoms with E-state index in [1.54, 1.807) is 0 Å². The molecule has 0 rings (SSSR count). The molecule has 77 heavy (non-hydrogen) atoms. The van der Waals surface area contributed by atoms with E-state index in [1.807, 2.05) is 21.1 Å². The first-order valence-electron chi connectivity index (χ1n) is 32.4. The van der Waals surface area contributed by atoms with Crippen LogP contribution in [-0.4, -0.2) is 82.3 Å². The van der Waals surface area contributed by atoms with Gasteiger partial charge in [-0.1, -0.05) is 286 Å². The van der Waals surface area contributed by atoms with Gasteiger partial charge in [0.15, 0.2) is 12.4 Å². The maximum atomic E-state index is 12.9. The lowest BCUT2D eigenvalue weighted by Gasteiger charge is -2.26. The fourth-order valence-electron chi connectivity index (χ4n) is 9.33. The van der Waals surface area contributed by atoms with E-state index in [0.717, 1.165) is 64.2 Å². The summed E-state index contributed by atoms with van der Waals surface area (Å²) in [6.07, 6.45) is 72.9. The van der Waals surface area contributed by atoms with E-state index in [1.165, 1.54) is 199 Å². The van der Waals surface area contributed by atoms with Gasteiger partial charge in [-0.25, -0.2) is 0 Å². The molecule has 0 N–H and O–H groups in total. The Morgan fingerprint density at radius 1 is 0.403 bits per heavy atom. The molecule has 0 fully saturated rings.